The minimum absolute atomic E-state index is 0.764. The number of unbranched alkanes of at least 4 members (excludes halogenated alkanes) is 6. The number of hydrogen-bond acceptors (Lipinski definition) is 0. The first kappa shape index (κ1) is 17.5. The fourth-order valence-corrected chi connectivity index (χ4v) is 3.49. The van der Waals surface area contributed by atoms with Crippen LogP contribution < -0.4 is 0 Å². The van der Waals surface area contributed by atoms with Gasteiger partial charge in [-0.05, 0) is 38.0 Å². The van der Waals surface area contributed by atoms with Crippen molar-refractivity contribution in [2.24, 2.45) is 5.92 Å². The van der Waals surface area contributed by atoms with Crippen LogP contribution in [-0.4, -0.2) is 10.7 Å². The van der Waals surface area contributed by atoms with E-state index in [4.69, 9.17) is 0 Å². The maximum Gasteiger partial charge on any atom is 0.00313 e. The maximum atomic E-state index is 3.50. The van der Waals surface area contributed by atoms with Crippen LogP contribution in [0.15, 0.2) is 23.8 Å². The number of allylic oxidation sites excluding steroid dienone is 4. The summed E-state index contributed by atoms with van der Waals surface area (Å²) in [5, 5.41) is 2.32. The Morgan fingerprint density at radius 2 is 1.42 bits per heavy atom. The van der Waals surface area contributed by atoms with E-state index in [9.17, 15) is 0 Å². The molecule has 1 unspecified atom stereocenters. The summed E-state index contributed by atoms with van der Waals surface area (Å²) in [5.74, 6) is 0.764. The summed E-state index contributed by atoms with van der Waals surface area (Å²) in [6.07, 6.45) is 20.7. The summed E-state index contributed by atoms with van der Waals surface area (Å²) in [6, 6.07) is 0. The Balaban J connectivity index is 2.06. The van der Waals surface area contributed by atoms with Gasteiger partial charge in [0.1, 0.15) is 0 Å². The molecule has 0 aliphatic heterocycles. The Bertz CT molecular complexity index is 268. The summed E-state index contributed by atoms with van der Waals surface area (Å²) in [5.41, 5.74) is 1.69. The zero-order chi connectivity index (χ0) is 13.8. The Morgan fingerprint density at radius 3 is 2.11 bits per heavy atom. The third-order valence-electron chi connectivity index (χ3n) is 3.88. The SMILES string of the molecule is BrCCCCCCC1=CC=CC1CCCCCCBr. The highest BCUT2D eigenvalue weighted by atomic mass is 79.9. The van der Waals surface area contributed by atoms with E-state index in [0.717, 1.165) is 16.6 Å². The lowest BCUT2D eigenvalue weighted by Crippen LogP contribution is -1.99. The number of hydrogen-bond donors (Lipinski definition) is 0. The molecule has 0 nitrogen and oxygen atoms in total. The Labute approximate surface area is 136 Å². The fraction of sp³-hybridized carbons (Fsp3) is 0.765. The van der Waals surface area contributed by atoms with Gasteiger partial charge in [-0.15, -0.1) is 0 Å². The standard InChI is InChI=1S/C17H28Br2/c18-14-7-3-1-5-10-16-12-9-13-17(16)11-6-2-4-8-15-19/h9,12-13,16H,1-8,10-11,14-15H2. The van der Waals surface area contributed by atoms with E-state index in [1.807, 2.05) is 0 Å². The molecule has 0 radical (unpaired) electrons. The van der Waals surface area contributed by atoms with Crippen molar-refractivity contribution in [1.82, 2.24) is 0 Å². The molecule has 19 heavy (non-hydrogen) atoms. The molecule has 0 bridgehead atoms. The van der Waals surface area contributed by atoms with Crippen LogP contribution in [0.5, 0.6) is 0 Å². The summed E-state index contributed by atoms with van der Waals surface area (Å²) in [4.78, 5) is 0. The van der Waals surface area contributed by atoms with E-state index < -0.39 is 0 Å². The molecule has 0 fully saturated rings. The number of halogens is 2. The van der Waals surface area contributed by atoms with Crippen LogP contribution in [0, 0.1) is 5.92 Å². The van der Waals surface area contributed by atoms with Crippen molar-refractivity contribution in [2.75, 3.05) is 10.7 Å². The van der Waals surface area contributed by atoms with Gasteiger partial charge in [0.2, 0.25) is 0 Å². The molecular weight excluding hydrogens is 364 g/mol. The average molecular weight is 392 g/mol. The first-order valence-electron chi connectivity index (χ1n) is 7.87. The largest absolute Gasteiger partial charge is 0.0928 e. The Hall–Kier alpha value is 0.440. The van der Waals surface area contributed by atoms with Crippen molar-refractivity contribution in [3.8, 4) is 0 Å². The van der Waals surface area contributed by atoms with E-state index in [1.165, 1.54) is 64.2 Å². The predicted molar refractivity (Wildman–Crippen MR) is 94.5 cm³/mol. The second-order valence-corrected chi connectivity index (χ2v) is 7.06. The van der Waals surface area contributed by atoms with Crippen LogP contribution in [0.1, 0.15) is 64.2 Å². The molecule has 0 spiro atoms. The van der Waals surface area contributed by atoms with Crippen molar-refractivity contribution < 1.29 is 0 Å². The third kappa shape index (κ3) is 8.34. The quantitative estimate of drug-likeness (QED) is 0.253. The molecule has 110 valence electrons. The minimum atomic E-state index is 0.764. The number of rotatable bonds is 12. The lowest BCUT2D eigenvalue weighted by atomic mass is 9.92. The van der Waals surface area contributed by atoms with Gasteiger partial charge in [-0.25, -0.2) is 0 Å². The fourth-order valence-electron chi connectivity index (χ4n) is 2.70. The van der Waals surface area contributed by atoms with E-state index in [2.05, 4.69) is 50.1 Å². The Morgan fingerprint density at radius 1 is 0.789 bits per heavy atom. The van der Waals surface area contributed by atoms with Gasteiger partial charge in [-0.1, -0.05) is 87.8 Å². The van der Waals surface area contributed by atoms with Crippen LogP contribution >= 0.6 is 31.9 Å². The van der Waals surface area contributed by atoms with Gasteiger partial charge in [0, 0.05) is 10.7 Å². The summed E-state index contributed by atoms with van der Waals surface area (Å²) in [7, 11) is 0. The van der Waals surface area contributed by atoms with Gasteiger partial charge in [-0.3, -0.25) is 0 Å². The Kier molecular flexibility index (Phi) is 11.2. The molecule has 2 heteroatoms. The molecule has 1 aliphatic rings. The zero-order valence-electron chi connectivity index (χ0n) is 12.1. The summed E-state index contributed by atoms with van der Waals surface area (Å²) >= 11 is 7.00. The molecule has 0 heterocycles. The second kappa shape index (κ2) is 12.2. The van der Waals surface area contributed by atoms with E-state index >= 15 is 0 Å². The van der Waals surface area contributed by atoms with Crippen LogP contribution in [0.2, 0.25) is 0 Å². The minimum Gasteiger partial charge on any atom is -0.0928 e. The van der Waals surface area contributed by atoms with Crippen LogP contribution in [0.3, 0.4) is 0 Å². The smallest absolute Gasteiger partial charge is 0.00313 e. The van der Waals surface area contributed by atoms with E-state index in [1.54, 1.807) is 5.57 Å². The van der Waals surface area contributed by atoms with Gasteiger partial charge in [0.05, 0.1) is 0 Å². The van der Waals surface area contributed by atoms with Crippen molar-refractivity contribution in [3.63, 3.8) is 0 Å². The molecule has 1 rings (SSSR count). The van der Waals surface area contributed by atoms with Gasteiger partial charge < -0.3 is 0 Å². The van der Waals surface area contributed by atoms with Gasteiger partial charge in [0.15, 0.2) is 0 Å². The van der Waals surface area contributed by atoms with Gasteiger partial charge >= 0.3 is 0 Å². The summed E-state index contributed by atoms with van der Waals surface area (Å²) in [6.45, 7) is 0. The number of alkyl halides is 2. The normalized spacial score (nSPS) is 18.0. The molecule has 0 aromatic carbocycles. The van der Waals surface area contributed by atoms with E-state index in [-0.39, 0.29) is 0 Å². The monoisotopic (exact) mass is 390 g/mol. The third-order valence-corrected chi connectivity index (χ3v) is 5.00. The first-order chi connectivity index (χ1) is 9.38. The van der Waals surface area contributed by atoms with Crippen molar-refractivity contribution in [3.05, 3.63) is 23.8 Å². The van der Waals surface area contributed by atoms with Gasteiger partial charge in [-0.2, -0.15) is 0 Å². The first-order valence-corrected chi connectivity index (χ1v) is 10.1. The topological polar surface area (TPSA) is 0 Å². The van der Waals surface area contributed by atoms with Crippen molar-refractivity contribution >= 4 is 31.9 Å². The molecule has 0 N–H and O–H groups in total. The maximum absolute atomic E-state index is 3.50. The molecular formula is C17H28Br2. The van der Waals surface area contributed by atoms with Crippen LogP contribution in [0.4, 0.5) is 0 Å². The lowest BCUT2D eigenvalue weighted by Gasteiger charge is -2.13. The summed E-state index contributed by atoms with van der Waals surface area (Å²) < 4.78 is 0. The van der Waals surface area contributed by atoms with Crippen molar-refractivity contribution in [1.29, 1.82) is 0 Å². The van der Waals surface area contributed by atoms with E-state index in [0.29, 0.717) is 0 Å². The molecule has 0 amide bonds. The molecule has 0 saturated carbocycles. The highest BCUT2D eigenvalue weighted by Crippen LogP contribution is 2.29. The lowest BCUT2D eigenvalue weighted by molar-refractivity contribution is 0.558. The predicted octanol–water partition coefficient (Wildman–Crippen LogP) is 6.79. The average Bonchev–Trinajstić information content (AvgIpc) is 2.86. The van der Waals surface area contributed by atoms with Crippen molar-refractivity contribution in [2.45, 2.75) is 64.2 Å². The van der Waals surface area contributed by atoms with Gasteiger partial charge in [0.25, 0.3) is 0 Å². The molecule has 0 aromatic heterocycles. The second-order valence-electron chi connectivity index (χ2n) is 5.48. The zero-order valence-corrected chi connectivity index (χ0v) is 15.2. The van der Waals surface area contributed by atoms with Crippen LogP contribution in [0.25, 0.3) is 0 Å². The van der Waals surface area contributed by atoms with Crippen LogP contribution in [-0.2, 0) is 0 Å². The molecule has 1 atom stereocenters. The molecule has 1 aliphatic carbocycles. The molecule has 0 saturated heterocycles. The molecule has 0 aromatic rings. The highest BCUT2D eigenvalue weighted by molar-refractivity contribution is 9.09. The highest BCUT2D eigenvalue weighted by Gasteiger charge is 2.13.